The van der Waals surface area contributed by atoms with Crippen molar-refractivity contribution in [2.45, 2.75) is 83.5 Å². The van der Waals surface area contributed by atoms with E-state index in [1.807, 2.05) is 48.5 Å². The number of alkyl halides is 3. The van der Waals surface area contributed by atoms with Crippen molar-refractivity contribution in [2.24, 2.45) is 5.92 Å². The third kappa shape index (κ3) is 4.13. The lowest BCUT2D eigenvalue weighted by Gasteiger charge is -2.51. The molecule has 0 N–H and O–H groups in total. The standard InChI is InChI=1S/C23H28B2F4IN2O4P/c1-12-21(6)19(2,3)33-24(35-21)15(11-23(27,28)29)17(25-34-20(4,5)22(12,7)36-25)13-8-9-16-14(10-13)18(26)31-32(16)37-30/h8-10,12,37H,11H2,1-7H3/b17-15-. The second kappa shape index (κ2) is 8.64. The summed E-state index contributed by atoms with van der Waals surface area (Å²) in [6, 6.07) is 4.81. The van der Waals surface area contributed by atoms with E-state index in [0.717, 1.165) is 0 Å². The minimum atomic E-state index is -4.57. The molecule has 5 rings (SSSR count). The molecule has 4 atom stereocenters. The van der Waals surface area contributed by atoms with Crippen LogP contribution in [0.5, 0.6) is 0 Å². The van der Waals surface area contributed by atoms with Crippen LogP contribution < -0.4 is 0 Å². The summed E-state index contributed by atoms with van der Waals surface area (Å²) < 4.78 is 84.3. The van der Waals surface area contributed by atoms with Crippen molar-refractivity contribution in [1.29, 1.82) is 0 Å². The molecule has 0 saturated carbocycles. The molecular formula is C23H28B2F4IN2O4P. The smallest absolute Gasteiger partial charge is 0.400 e. The lowest BCUT2D eigenvalue weighted by atomic mass is 9.61. The van der Waals surface area contributed by atoms with Crippen LogP contribution in [-0.4, -0.2) is 52.4 Å². The van der Waals surface area contributed by atoms with Crippen LogP contribution in [0.2, 0.25) is 0 Å². The maximum Gasteiger partial charge on any atom is 0.494 e. The van der Waals surface area contributed by atoms with Gasteiger partial charge in [0.2, 0.25) is 5.95 Å². The van der Waals surface area contributed by atoms with Crippen molar-refractivity contribution in [3.8, 4) is 0 Å². The molecule has 200 valence electrons. The van der Waals surface area contributed by atoms with Crippen LogP contribution in [-0.2, 0) is 18.6 Å². The maximum absolute atomic E-state index is 14.8. The van der Waals surface area contributed by atoms with Gasteiger partial charge in [0.25, 0.3) is 0 Å². The van der Waals surface area contributed by atoms with Crippen molar-refractivity contribution in [2.75, 3.05) is 0 Å². The molecule has 2 aromatic rings. The fourth-order valence-corrected chi connectivity index (χ4v) is 7.40. The molecule has 4 bridgehead atoms. The first kappa shape index (κ1) is 27.8. The predicted octanol–water partition coefficient (Wildman–Crippen LogP) is 6.55. The van der Waals surface area contributed by atoms with Crippen LogP contribution in [0, 0.1) is 11.9 Å². The number of halogens is 5. The van der Waals surface area contributed by atoms with Gasteiger partial charge in [-0.25, -0.2) is 4.45 Å². The first-order chi connectivity index (χ1) is 16.9. The number of aromatic nitrogens is 2. The highest BCUT2D eigenvalue weighted by Gasteiger charge is 2.69. The second-order valence-electron chi connectivity index (χ2n) is 11.3. The fourth-order valence-electron chi connectivity index (χ4n) is 5.89. The van der Waals surface area contributed by atoms with Crippen LogP contribution >= 0.6 is 28.4 Å². The lowest BCUT2D eigenvalue weighted by molar-refractivity contribution is -0.143. The Morgan fingerprint density at radius 3 is 2.14 bits per heavy atom. The van der Waals surface area contributed by atoms with E-state index >= 15 is 0 Å². The van der Waals surface area contributed by atoms with Gasteiger partial charge in [-0.05, 0) is 92.2 Å². The van der Waals surface area contributed by atoms with Crippen molar-refractivity contribution in [3.05, 3.63) is 35.2 Å². The summed E-state index contributed by atoms with van der Waals surface area (Å²) in [5, 5.41) is 4.13. The third-order valence-corrected chi connectivity index (χ3v) is 10.7. The van der Waals surface area contributed by atoms with Gasteiger partial charge in [-0.15, -0.1) is 5.10 Å². The molecule has 6 nitrogen and oxygen atoms in total. The van der Waals surface area contributed by atoms with Gasteiger partial charge in [0, 0.05) is 5.92 Å². The summed E-state index contributed by atoms with van der Waals surface area (Å²) in [6.07, 6.45) is -5.72. The van der Waals surface area contributed by atoms with Crippen LogP contribution in [0.4, 0.5) is 17.6 Å². The molecule has 2 saturated heterocycles. The van der Waals surface area contributed by atoms with Gasteiger partial charge >= 0.3 is 20.4 Å². The van der Waals surface area contributed by atoms with E-state index in [1.54, 1.807) is 12.1 Å². The Labute approximate surface area is 228 Å². The highest BCUT2D eigenvalue weighted by Crippen LogP contribution is 2.57. The molecule has 0 aliphatic carbocycles. The van der Waals surface area contributed by atoms with Crippen molar-refractivity contribution in [3.63, 3.8) is 0 Å². The molecule has 2 fully saturated rings. The molecule has 1 aromatic carbocycles. The monoisotopic (exact) mass is 652 g/mol. The molecule has 4 unspecified atom stereocenters. The summed E-state index contributed by atoms with van der Waals surface area (Å²) >= 11 is 2.09. The zero-order chi connectivity index (χ0) is 27.3. The Morgan fingerprint density at radius 1 is 1.00 bits per heavy atom. The number of benzene rings is 1. The SMILES string of the molecule is CC1C2(C)OB(OC2(C)C)/C(CC(F)(F)F)=C(/c2ccc3c(c2)c(F)nn3PI)B2OC(C)(C)C1(C)O2. The quantitative estimate of drug-likeness (QED) is 0.163. The number of allylic oxidation sites excluding steroid dienone is 1. The van der Waals surface area contributed by atoms with Gasteiger partial charge in [0.15, 0.2) is 0 Å². The van der Waals surface area contributed by atoms with E-state index in [1.165, 1.54) is 10.5 Å². The highest BCUT2D eigenvalue weighted by molar-refractivity contribution is 14.2. The molecule has 3 aliphatic rings. The molecule has 1 aromatic heterocycles. The van der Waals surface area contributed by atoms with Crippen LogP contribution in [0.1, 0.15) is 60.5 Å². The summed E-state index contributed by atoms with van der Waals surface area (Å²) in [6.45, 7) is 13.1. The van der Waals surface area contributed by atoms with Gasteiger partial charge in [0.1, 0.15) is 0 Å². The zero-order valence-electron chi connectivity index (χ0n) is 21.6. The van der Waals surface area contributed by atoms with Crippen LogP contribution in [0.15, 0.2) is 23.7 Å². The normalized spacial score (nSPS) is 33.5. The second-order valence-corrected chi connectivity index (χ2v) is 13.4. The minimum Gasteiger partial charge on any atom is -0.400 e. The molecule has 37 heavy (non-hydrogen) atoms. The Kier molecular flexibility index (Phi) is 6.50. The molecule has 0 spiro atoms. The van der Waals surface area contributed by atoms with E-state index in [-0.39, 0.29) is 28.6 Å². The number of hydrogen-bond donors (Lipinski definition) is 0. The van der Waals surface area contributed by atoms with E-state index < -0.39 is 55.2 Å². The van der Waals surface area contributed by atoms with E-state index in [0.29, 0.717) is 11.1 Å². The van der Waals surface area contributed by atoms with Crippen molar-refractivity contribution >= 4 is 59.0 Å². The van der Waals surface area contributed by atoms with Gasteiger partial charge < -0.3 is 18.6 Å². The van der Waals surface area contributed by atoms with E-state index in [2.05, 4.69) is 27.1 Å². The lowest BCUT2D eigenvalue weighted by Crippen LogP contribution is -2.62. The summed E-state index contributed by atoms with van der Waals surface area (Å²) in [5.74, 6) is -1.04. The van der Waals surface area contributed by atoms with Gasteiger partial charge in [-0.1, -0.05) is 13.0 Å². The number of hydrogen-bond acceptors (Lipinski definition) is 5. The zero-order valence-corrected chi connectivity index (χ0v) is 24.7. The van der Waals surface area contributed by atoms with Gasteiger partial charge in [-0.2, -0.15) is 17.6 Å². The first-order valence-corrected chi connectivity index (χ1v) is 16.1. The van der Waals surface area contributed by atoms with E-state index in [4.69, 9.17) is 18.6 Å². The van der Waals surface area contributed by atoms with Crippen molar-refractivity contribution in [1.82, 2.24) is 9.55 Å². The topological polar surface area (TPSA) is 54.7 Å². The highest BCUT2D eigenvalue weighted by atomic mass is 127. The number of nitrogens with zero attached hydrogens (tertiary/aromatic N) is 2. The Hall–Kier alpha value is -0.720. The van der Waals surface area contributed by atoms with Crippen molar-refractivity contribution < 1.29 is 36.2 Å². The third-order valence-electron chi connectivity index (χ3n) is 8.83. The molecule has 14 heteroatoms. The average molecular weight is 652 g/mol. The van der Waals surface area contributed by atoms with Gasteiger partial charge in [0.05, 0.1) is 46.1 Å². The Morgan fingerprint density at radius 2 is 1.57 bits per heavy atom. The average Bonchev–Trinajstić information content (AvgIpc) is 3.33. The molecule has 0 amide bonds. The first-order valence-electron chi connectivity index (χ1n) is 12.0. The molecule has 0 radical (unpaired) electrons. The largest absolute Gasteiger partial charge is 0.494 e. The fraction of sp³-hybridized carbons (Fsp3) is 0.609. The molecule has 4 heterocycles. The maximum atomic E-state index is 14.8. The predicted molar refractivity (Wildman–Crippen MR) is 145 cm³/mol. The summed E-state index contributed by atoms with van der Waals surface area (Å²) in [4.78, 5) is 0. The summed E-state index contributed by atoms with van der Waals surface area (Å²) in [7, 11) is -2.45. The van der Waals surface area contributed by atoms with Crippen LogP contribution in [0.25, 0.3) is 16.4 Å². The van der Waals surface area contributed by atoms with Crippen LogP contribution in [0.3, 0.4) is 0 Å². The number of fused-ring (bicyclic) bond motifs is 5. The van der Waals surface area contributed by atoms with Gasteiger partial charge in [-0.3, -0.25) is 0 Å². The Balaban J connectivity index is 1.81. The molecular weight excluding hydrogens is 624 g/mol. The van der Waals surface area contributed by atoms with E-state index in [9.17, 15) is 17.6 Å². The minimum absolute atomic E-state index is 0.138. The summed E-state index contributed by atoms with van der Waals surface area (Å²) in [5.41, 5.74) is -2.94. The molecule has 3 aliphatic heterocycles. The Bertz CT molecular complexity index is 1310. The number of rotatable bonds is 3.